The highest BCUT2D eigenvalue weighted by Gasteiger charge is 2.19. The van der Waals surface area contributed by atoms with Gasteiger partial charge in [-0.15, -0.1) is 11.8 Å². The number of benzene rings is 3. The van der Waals surface area contributed by atoms with Gasteiger partial charge in [-0.2, -0.15) is 0 Å². The third kappa shape index (κ3) is 8.36. The number of aryl methyl sites for hydroxylation is 1. The summed E-state index contributed by atoms with van der Waals surface area (Å²) in [5.74, 6) is 6.32. The third-order valence-electron chi connectivity index (χ3n) is 5.26. The van der Waals surface area contributed by atoms with Crippen molar-refractivity contribution < 1.29 is 9.59 Å². The van der Waals surface area contributed by atoms with Gasteiger partial charge in [0.05, 0.1) is 22.0 Å². The van der Waals surface area contributed by atoms with Crippen molar-refractivity contribution in [3.8, 4) is 0 Å². The van der Waals surface area contributed by atoms with Crippen LogP contribution in [0.15, 0.2) is 77.7 Å². The lowest BCUT2D eigenvalue weighted by molar-refractivity contribution is -0.106. The molecule has 0 spiro atoms. The molecule has 0 heterocycles. The van der Waals surface area contributed by atoms with Crippen LogP contribution < -0.4 is 27.6 Å². The fourth-order valence-corrected chi connectivity index (χ4v) is 4.81. The van der Waals surface area contributed by atoms with Crippen LogP contribution in [0.25, 0.3) is 5.70 Å². The molecule has 196 valence electrons. The molecule has 0 radical (unpaired) electrons. The minimum atomic E-state index is -0.236. The minimum absolute atomic E-state index is 0.236. The van der Waals surface area contributed by atoms with E-state index in [1.165, 1.54) is 17.5 Å². The van der Waals surface area contributed by atoms with E-state index in [0.29, 0.717) is 21.5 Å². The normalized spacial score (nSPS) is 11.6. The Hall–Kier alpha value is -3.30. The van der Waals surface area contributed by atoms with E-state index in [0.717, 1.165) is 29.8 Å². The number of amides is 2. The Morgan fingerprint density at radius 2 is 1.73 bits per heavy atom. The molecule has 1 aliphatic carbocycles. The van der Waals surface area contributed by atoms with E-state index < -0.39 is 0 Å². The Morgan fingerprint density at radius 1 is 1.08 bits per heavy atom. The van der Waals surface area contributed by atoms with Crippen LogP contribution in [0.2, 0.25) is 5.02 Å². The van der Waals surface area contributed by atoms with Crippen molar-refractivity contribution in [3.63, 3.8) is 0 Å². The summed E-state index contributed by atoms with van der Waals surface area (Å²) in [6, 6.07) is 21.3. The summed E-state index contributed by atoms with van der Waals surface area (Å²) in [5, 5.41) is 5.64. The number of hydrogen-bond donors (Lipinski definition) is 4. The van der Waals surface area contributed by atoms with Crippen LogP contribution in [0, 0.1) is 0 Å². The van der Waals surface area contributed by atoms with Crippen molar-refractivity contribution in [2.45, 2.75) is 36.8 Å². The predicted octanol–water partition coefficient (Wildman–Crippen LogP) is 5.44. The summed E-state index contributed by atoms with van der Waals surface area (Å²) in [5.41, 5.74) is 13.9. The number of carbonyl (C=O) groups excluding carboxylic acids is 2. The largest absolute Gasteiger partial charge is 0.372 e. The lowest BCUT2D eigenvalue weighted by atomic mass is 9.93. The maximum atomic E-state index is 12.7. The van der Waals surface area contributed by atoms with Crippen LogP contribution in [0.1, 0.15) is 41.8 Å². The van der Waals surface area contributed by atoms with Gasteiger partial charge >= 0.3 is 0 Å². The van der Waals surface area contributed by atoms with Crippen LogP contribution in [0.3, 0.4) is 0 Å². The Kier molecular flexibility index (Phi) is 12.2. The molecule has 0 unspecified atom stereocenters. The first kappa shape index (κ1) is 29.9. The number of anilines is 2. The van der Waals surface area contributed by atoms with E-state index in [2.05, 4.69) is 54.9 Å². The van der Waals surface area contributed by atoms with Crippen molar-refractivity contribution in [1.82, 2.24) is 0 Å². The summed E-state index contributed by atoms with van der Waals surface area (Å²) in [6.07, 6.45) is 4.26. The topological polar surface area (TPSA) is 127 Å². The second-order valence-corrected chi connectivity index (χ2v) is 10.2. The number of thioether (sulfide) groups is 1. The number of rotatable bonds is 6. The quantitative estimate of drug-likeness (QED) is 0.143. The molecule has 0 fully saturated rings. The molecular weight excluding hydrogens is 506 g/mol. The number of hydrazine groups is 1. The zero-order valence-corrected chi connectivity index (χ0v) is 22.9. The first-order chi connectivity index (χ1) is 17.8. The third-order valence-corrected chi connectivity index (χ3v) is 6.61. The van der Waals surface area contributed by atoms with E-state index in [-0.39, 0.29) is 12.3 Å². The van der Waals surface area contributed by atoms with Gasteiger partial charge in [0.25, 0.3) is 5.91 Å². The Labute approximate surface area is 228 Å². The van der Waals surface area contributed by atoms with E-state index in [4.69, 9.17) is 22.2 Å². The number of allylic oxidation sites excluding steroid dienone is 1. The molecule has 0 saturated carbocycles. The molecule has 7 N–H and O–H groups in total. The summed E-state index contributed by atoms with van der Waals surface area (Å²) < 4.78 is 0. The van der Waals surface area contributed by atoms with Gasteiger partial charge in [0, 0.05) is 21.4 Å². The molecule has 3 aromatic carbocycles. The number of primary amides is 1. The fourth-order valence-electron chi connectivity index (χ4n) is 3.75. The number of fused-ring (bicyclic) bond motifs is 1. The number of nitrogens with one attached hydrogen (secondary N) is 1. The smallest absolute Gasteiger partial charge is 0.257 e. The number of carbonyl (C=O) groups is 2. The molecule has 0 bridgehead atoms. The molecule has 1 aliphatic rings. The molecule has 2 amide bonds. The van der Waals surface area contributed by atoms with Gasteiger partial charge in [-0.1, -0.05) is 49.7 Å². The van der Waals surface area contributed by atoms with Crippen molar-refractivity contribution in [1.29, 1.82) is 0 Å². The van der Waals surface area contributed by atoms with E-state index in [1.807, 2.05) is 36.0 Å². The highest BCUT2D eigenvalue weighted by atomic mass is 35.5. The Morgan fingerprint density at radius 3 is 2.35 bits per heavy atom. The second kappa shape index (κ2) is 15.1. The molecule has 0 atom stereocenters. The van der Waals surface area contributed by atoms with Crippen LogP contribution in [-0.2, 0) is 11.2 Å². The lowest BCUT2D eigenvalue weighted by Crippen LogP contribution is -2.30. The van der Waals surface area contributed by atoms with Crippen molar-refractivity contribution in [2.24, 2.45) is 17.3 Å². The summed E-state index contributed by atoms with van der Waals surface area (Å²) in [4.78, 5) is 22.5. The maximum absolute atomic E-state index is 12.7. The zero-order chi connectivity index (χ0) is 27.4. The standard InChI is InChI=1S/C26H26ClN3OS.CH3NO.CH5N/c1-17(2)32-21-14-12-20(13-15-21)30(28)25-9-5-6-18-10-11-19(16-23(18)25)29-26(31)22-7-3-4-8-24(22)27;2-1-3;1-2/h3-4,7-17H,5-6,28H2,1-2H3,(H,29,31);1H,(H2,2,3);2H2,1H3. The van der Waals surface area contributed by atoms with E-state index >= 15 is 0 Å². The maximum Gasteiger partial charge on any atom is 0.257 e. The van der Waals surface area contributed by atoms with Crippen LogP contribution >= 0.6 is 23.4 Å². The van der Waals surface area contributed by atoms with Gasteiger partial charge < -0.3 is 16.8 Å². The fraction of sp³-hybridized carbons (Fsp3) is 0.214. The molecule has 4 rings (SSSR count). The first-order valence-corrected chi connectivity index (χ1v) is 13.0. The number of hydrogen-bond acceptors (Lipinski definition) is 6. The van der Waals surface area contributed by atoms with Gasteiger partial charge in [0.15, 0.2) is 0 Å². The monoisotopic (exact) mass is 539 g/mol. The van der Waals surface area contributed by atoms with Gasteiger partial charge in [-0.05, 0) is 74.0 Å². The lowest BCUT2D eigenvalue weighted by Gasteiger charge is -2.27. The van der Waals surface area contributed by atoms with Crippen molar-refractivity contribution in [2.75, 3.05) is 17.4 Å². The molecule has 37 heavy (non-hydrogen) atoms. The van der Waals surface area contributed by atoms with Gasteiger partial charge in [0.1, 0.15) is 0 Å². The number of nitrogens with two attached hydrogens (primary N) is 3. The SMILES string of the molecule is CC(C)Sc1ccc(N(N)C2=CCCc3ccc(NC(=O)c4ccccc4Cl)cc32)cc1.CN.NC=O. The van der Waals surface area contributed by atoms with Crippen molar-refractivity contribution in [3.05, 3.63) is 94.5 Å². The van der Waals surface area contributed by atoms with Crippen LogP contribution in [0.4, 0.5) is 11.4 Å². The van der Waals surface area contributed by atoms with Gasteiger partial charge in [-0.25, -0.2) is 5.84 Å². The highest BCUT2D eigenvalue weighted by molar-refractivity contribution is 7.99. The second-order valence-electron chi connectivity index (χ2n) is 8.10. The molecule has 0 saturated heterocycles. The predicted molar refractivity (Wildman–Crippen MR) is 157 cm³/mol. The molecule has 7 nitrogen and oxygen atoms in total. The van der Waals surface area contributed by atoms with E-state index in [1.54, 1.807) is 29.3 Å². The molecule has 0 aliphatic heterocycles. The van der Waals surface area contributed by atoms with Gasteiger partial charge in [-0.3, -0.25) is 14.6 Å². The van der Waals surface area contributed by atoms with E-state index in [9.17, 15) is 4.79 Å². The number of halogens is 1. The zero-order valence-electron chi connectivity index (χ0n) is 21.3. The Balaban J connectivity index is 0.000000898. The minimum Gasteiger partial charge on any atom is -0.372 e. The van der Waals surface area contributed by atoms with Crippen molar-refractivity contribution >= 4 is 52.8 Å². The Bertz CT molecular complexity index is 1220. The molecule has 9 heteroatoms. The average molecular weight is 540 g/mol. The van der Waals surface area contributed by atoms with Crippen LogP contribution in [0.5, 0.6) is 0 Å². The average Bonchev–Trinajstić information content (AvgIpc) is 2.90. The molecular formula is C28H34ClN5O2S. The first-order valence-electron chi connectivity index (χ1n) is 11.8. The molecule has 3 aromatic rings. The highest BCUT2D eigenvalue weighted by Crippen LogP contribution is 2.34. The summed E-state index contributed by atoms with van der Waals surface area (Å²) in [6.45, 7) is 4.36. The molecule has 0 aromatic heterocycles. The summed E-state index contributed by atoms with van der Waals surface area (Å²) in [7, 11) is 1.50. The van der Waals surface area contributed by atoms with Gasteiger partial charge in [0.2, 0.25) is 6.41 Å². The van der Waals surface area contributed by atoms with Crippen LogP contribution in [-0.4, -0.2) is 24.6 Å². The number of nitrogens with zero attached hydrogens (tertiary/aromatic N) is 1. The summed E-state index contributed by atoms with van der Waals surface area (Å²) >= 11 is 8.00.